The SMILES string of the molecule is COc1ccc([N+](=O)[O-])cc1CC1CCCCCC1O. The minimum absolute atomic E-state index is 0.0731. The number of benzene rings is 1. The molecule has 110 valence electrons. The molecule has 0 amide bonds. The Morgan fingerprint density at radius 2 is 2.10 bits per heavy atom. The summed E-state index contributed by atoms with van der Waals surface area (Å²) in [5, 5.41) is 21.1. The van der Waals surface area contributed by atoms with E-state index < -0.39 is 4.92 Å². The van der Waals surface area contributed by atoms with Crippen molar-refractivity contribution in [1.29, 1.82) is 0 Å². The van der Waals surface area contributed by atoms with Gasteiger partial charge in [0.15, 0.2) is 0 Å². The zero-order chi connectivity index (χ0) is 14.5. The molecule has 0 aromatic heterocycles. The summed E-state index contributed by atoms with van der Waals surface area (Å²) in [4.78, 5) is 10.5. The molecule has 5 nitrogen and oxygen atoms in total. The highest BCUT2D eigenvalue weighted by Gasteiger charge is 2.24. The number of aliphatic hydroxyl groups excluding tert-OH is 1. The van der Waals surface area contributed by atoms with E-state index in [0.29, 0.717) is 12.2 Å². The average Bonchev–Trinajstić information content (AvgIpc) is 2.64. The Labute approximate surface area is 118 Å². The summed E-state index contributed by atoms with van der Waals surface area (Å²) >= 11 is 0. The lowest BCUT2D eigenvalue weighted by Gasteiger charge is -2.21. The fourth-order valence-corrected chi connectivity index (χ4v) is 2.92. The summed E-state index contributed by atoms with van der Waals surface area (Å²) in [5.41, 5.74) is 0.886. The lowest BCUT2D eigenvalue weighted by molar-refractivity contribution is -0.384. The van der Waals surface area contributed by atoms with Crippen molar-refractivity contribution in [2.75, 3.05) is 7.11 Å². The van der Waals surface area contributed by atoms with Gasteiger partial charge >= 0.3 is 0 Å². The van der Waals surface area contributed by atoms with Crippen LogP contribution in [0.2, 0.25) is 0 Å². The Morgan fingerprint density at radius 3 is 2.80 bits per heavy atom. The summed E-state index contributed by atoms with van der Waals surface area (Å²) in [6.45, 7) is 0. The van der Waals surface area contributed by atoms with Gasteiger partial charge in [0.25, 0.3) is 5.69 Å². The predicted octanol–water partition coefficient (Wildman–Crippen LogP) is 3.09. The molecule has 2 atom stereocenters. The number of ether oxygens (including phenoxy) is 1. The smallest absolute Gasteiger partial charge is 0.269 e. The summed E-state index contributed by atoms with van der Waals surface area (Å²) in [6.07, 6.45) is 5.42. The molecular weight excluding hydrogens is 258 g/mol. The lowest BCUT2D eigenvalue weighted by Crippen LogP contribution is -2.21. The van der Waals surface area contributed by atoms with Crippen LogP contribution < -0.4 is 4.74 Å². The summed E-state index contributed by atoms with van der Waals surface area (Å²) in [5.74, 6) is 0.820. The molecular formula is C15H21NO4. The van der Waals surface area contributed by atoms with Crippen molar-refractivity contribution in [3.63, 3.8) is 0 Å². The van der Waals surface area contributed by atoms with E-state index in [2.05, 4.69) is 0 Å². The maximum Gasteiger partial charge on any atom is 0.269 e. The highest BCUT2D eigenvalue weighted by Crippen LogP contribution is 2.31. The van der Waals surface area contributed by atoms with Gasteiger partial charge in [0, 0.05) is 17.7 Å². The van der Waals surface area contributed by atoms with Crippen molar-refractivity contribution in [3.8, 4) is 5.75 Å². The molecule has 1 aromatic rings. The molecule has 2 unspecified atom stereocenters. The second-order valence-corrected chi connectivity index (χ2v) is 5.42. The van der Waals surface area contributed by atoms with Gasteiger partial charge in [-0.1, -0.05) is 19.3 Å². The maximum absolute atomic E-state index is 10.9. The van der Waals surface area contributed by atoms with Crippen molar-refractivity contribution < 1.29 is 14.8 Å². The fourth-order valence-electron chi connectivity index (χ4n) is 2.92. The third-order valence-corrected chi connectivity index (χ3v) is 4.08. The molecule has 0 spiro atoms. The van der Waals surface area contributed by atoms with Gasteiger partial charge in [0.2, 0.25) is 0 Å². The Morgan fingerprint density at radius 1 is 1.35 bits per heavy atom. The van der Waals surface area contributed by atoms with Crippen LogP contribution in [0.4, 0.5) is 5.69 Å². The van der Waals surface area contributed by atoms with E-state index in [1.165, 1.54) is 6.07 Å². The second-order valence-electron chi connectivity index (χ2n) is 5.42. The monoisotopic (exact) mass is 279 g/mol. The van der Waals surface area contributed by atoms with Gasteiger partial charge in [0.05, 0.1) is 18.1 Å². The Balaban J connectivity index is 2.21. The van der Waals surface area contributed by atoms with Crippen LogP contribution in [0, 0.1) is 16.0 Å². The number of hydrogen-bond donors (Lipinski definition) is 1. The predicted molar refractivity (Wildman–Crippen MR) is 75.9 cm³/mol. The number of aliphatic hydroxyl groups is 1. The second kappa shape index (κ2) is 6.70. The third-order valence-electron chi connectivity index (χ3n) is 4.08. The highest BCUT2D eigenvalue weighted by molar-refractivity contribution is 5.44. The average molecular weight is 279 g/mol. The van der Waals surface area contributed by atoms with E-state index in [1.54, 1.807) is 19.2 Å². The molecule has 0 aliphatic heterocycles. The number of non-ortho nitro benzene ring substituents is 1. The Hall–Kier alpha value is -1.62. The number of nitrogens with zero attached hydrogens (tertiary/aromatic N) is 1. The molecule has 5 heteroatoms. The summed E-state index contributed by atoms with van der Waals surface area (Å²) < 4.78 is 5.28. The van der Waals surface area contributed by atoms with Crippen LogP contribution in [-0.4, -0.2) is 23.2 Å². The quantitative estimate of drug-likeness (QED) is 0.522. The number of methoxy groups -OCH3 is 1. The molecule has 0 bridgehead atoms. The van der Waals surface area contributed by atoms with Crippen LogP contribution in [0.3, 0.4) is 0 Å². The van der Waals surface area contributed by atoms with E-state index in [1.807, 2.05) is 0 Å². The Kier molecular flexibility index (Phi) is 4.95. The topological polar surface area (TPSA) is 72.6 Å². The molecule has 0 saturated heterocycles. The van der Waals surface area contributed by atoms with Crippen LogP contribution in [0.25, 0.3) is 0 Å². The van der Waals surface area contributed by atoms with E-state index in [9.17, 15) is 15.2 Å². The van der Waals surface area contributed by atoms with Gasteiger partial charge in [-0.25, -0.2) is 0 Å². The molecule has 1 saturated carbocycles. The molecule has 1 N–H and O–H groups in total. The molecule has 1 aliphatic rings. The number of nitro benzene ring substituents is 1. The molecule has 20 heavy (non-hydrogen) atoms. The van der Waals surface area contributed by atoms with E-state index >= 15 is 0 Å². The largest absolute Gasteiger partial charge is 0.496 e. The van der Waals surface area contributed by atoms with E-state index in [-0.39, 0.29) is 17.7 Å². The van der Waals surface area contributed by atoms with Crippen molar-refractivity contribution >= 4 is 5.69 Å². The first-order valence-electron chi connectivity index (χ1n) is 7.11. The van der Waals surface area contributed by atoms with Crippen molar-refractivity contribution in [2.24, 2.45) is 5.92 Å². The standard InChI is InChI=1S/C15H21NO4/c1-20-15-8-7-13(16(18)19)10-12(15)9-11-5-3-2-4-6-14(11)17/h7-8,10-11,14,17H,2-6,9H2,1H3. The van der Waals surface area contributed by atoms with Gasteiger partial charge in [-0.3, -0.25) is 10.1 Å². The van der Waals surface area contributed by atoms with Crippen LogP contribution in [-0.2, 0) is 6.42 Å². The maximum atomic E-state index is 10.9. The van der Waals surface area contributed by atoms with Crippen molar-refractivity contribution in [2.45, 2.75) is 44.6 Å². The third kappa shape index (κ3) is 3.48. The Bertz CT molecular complexity index is 475. The zero-order valence-electron chi connectivity index (χ0n) is 11.7. The van der Waals surface area contributed by atoms with Gasteiger partial charge in [-0.15, -0.1) is 0 Å². The molecule has 2 rings (SSSR count). The van der Waals surface area contributed by atoms with E-state index in [0.717, 1.165) is 37.7 Å². The normalized spacial score (nSPS) is 23.1. The van der Waals surface area contributed by atoms with E-state index in [4.69, 9.17) is 4.74 Å². The zero-order valence-corrected chi connectivity index (χ0v) is 11.7. The first-order chi connectivity index (χ1) is 9.61. The van der Waals surface area contributed by atoms with Gasteiger partial charge in [-0.2, -0.15) is 0 Å². The summed E-state index contributed by atoms with van der Waals surface area (Å²) in [6, 6.07) is 4.65. The molecule has 1 aliphatic carbocycles. The number of hydrogen-bond acceptors (Lipinski definition) is 4. The molecule has 0 radical (unpaired) electrons. The first kappa shape index (κ1) is 14.8. The minimum atomic E-state index is -0.396. The molecule has 1 aromatic carbocycles. The summed E-state index contributed by atoms with van der Waals surface area (Å²) in [7, 11) is 1.56. The number of nitro groups is 1. The van der Waals surface area contributed by atoms with Crippen LogP contribution in [0.15, 0.2) is 18.2 Å². The molecule has 0 heterocycles. The minimum Gasteiger partial charge on any atom is -0.496 e. The van der Waals surface area contributed by atoms with Crippen molar-refractivity contribution in [1.82, 2.24) is 0 Å². The fraction of sp³-hybridized carbons (Fsp3) is 0.600. The van der Waals surface area contributed by atoms with Crippen LogP contribution in [0.5, 0.6) is 5.75 Å². The van der Waals surface area contributed by atoms with Crippen LogP contribution >= 0.6 is 0 Å². The first-order valence-corrected chi connectivity index (χ1v) is 7.11. The molecule has 1 fully saturated rings. The van der Waals surface area contributed by atoms with Crippen LogP contribution in [0.1, 0.15) is 37.7 Å². The van der Waals surface area contributed by atoms with Gasteiger partial charge in [-0.05, 0) is 31.2 Å². The van der Waals surface area contributed by atoms with Crippen molar-refractivity contribution in [3.05, 3.63) is 33.9 Å². The van der Waals surface area contributed by atoms with Gasteiger partial charge in [0.1, 0.15) is 5.75 Å². The number of rotatable bonds is 4. The van der Waals surface area contributed by atoms with Gasteiger partial charge < -0.3 is 9.84 Å². The highest BCUT2D eigenvalue weighted by atomic mass is 16.6. The lowest BCUT2D eigenvalue weighted by atomic mass is 9.89.